The van der Waals surface area contributed by atoms with Gasteiger partial charge in [0.2, 0.25) is 0 Å². The molecule has 0 spiro atoms. The van der Waals surface area contributed by atoms with Crippen molar-refractivity contribution in [1.29, 1.82) is 0 Å². The SMILES string of the molecule is CCCC(NC(=O)c1ccc(Br)c(NC(=O)OCC2c3ccccc3-c3ccccc32)c1)C(=O)O. The first-order valence-electron chi connectivity index (χ1n) is 11.3. The summed E-state index contributed by atoms with van der Waals surface area (Å²) in [6.45, 7) is 2.01. The van der Waals surface area contributed by atoms with Crippen LogP contribution in [0.25, 0.3) is 11.1 Å². The number of halogens is 1. The van der Waals surface area contributed by atoms with Crippen LogP contribution in [-0.4, -0.2) is 35.7 Å². The van der Waals surface area contributed by atoms with Crippen LogP contribution >= 0.6 is 15.9 Å². The lowest BCUT2D eigenvalue weighted by Gasteiger charge is -2.16. The highest BCUT2D eigenvalue weighted by Crippen LogP contribution is 2.44. The Morgan fingerprint density at radius 3 is 2.23 bits per heavy atom. The van der Waals surface area contributed by atoms with Crippen LogP contribution in [0.15, 0.2) is 71.2 Å². The number of benzene rings is 3. The van der Waals surface area contributed by atoms with Crippen LogP contribution in [0.3, 0.4) is 0 Å². The van der Waals surface area contributed by atoms with Crippen LogP contribution in [-0.2, 0) is 9.53 Å². The van der Waals surface area contributed by atoms with Gasteiger partial charge in [0.15, 0.2) is 0 Å². The van der Waals surface area contributed by atoms with Gasteiger partial charge in [0.25, 0.3) is 5.91 Å². The lowest BCUT2D eigenvalue weighted by molar-refractivity contribution is -0.139. The lowest BCUT2D eigenvalue weighted by atomic mass is 9.98. The maximum Gasteiger partial charge on any atom is 0.411 e. The average molecular weight is 537 g/mol. The molecule has 8 heteroatoms. The zero-order valence-electron chi connectivity index (χ0n) is 19.1. The smallest absolute Gasteiger partial charge is 0.411 e. The molecule has 2 amide bonds. The summed E-state index contributed by atoms with van der Waals surface area (Å²) in [5.74, 6) is -1.69. The molecule has 1 aliphatic carbocycles. The maximum absolute atomic E-state index is 12.6. The zero-order chi connectivity index (χ0) is 24.9. The molecule has 180 valence electrons. The van der Waals surface area contributed by atoms with Crippen molar-refractivity contribution in [2.45, 2.75) is 31.7 Å². The van der Waals surface area contributed by atoms with Crippen LogP contribution in [0.4, 0.5) is 10.5 Å². The molecule has 4 rings (SSSR count). The normalized spacial score (nSPS) is 12.9. The van der Waals surface area contributed by atoms with Crippen molar-refractivity contribution in [2.75, 3.05) is 11.9 Å². The fraction of sp³-hybridized carbons (Fsp3) is 0.222. The minimum absolute atomic E-state index is 0.0692. The van der Waals surface area contributed by atoms with Gasteiger partial charge in [-0.3, -0.25) is 10.1 Å². The predicted molar refractivity (Wildman–Crippen MR) is 137 cm³/mol. The summed E-state index contributed by atoms with van der Waals surface area (Å²) in [5, 5.41) is 14.5. The molecule has 0 fully saturated rings. The van der Waals surface area contributed by atoms with Gasteiger partial charge in [0, 0.05) is 16.0 Å². The minimum Gasteiger partial charge on any atom is -0.480 e. The summed E-state index contributed by atoms with van der Waals surface area (Å²) < 4.78 is 6.14. The Balaban J connectivity index is 1.43. The first-order valence-corrected chi connectivity index (χ1v) is 12.1. The number of carboxylic acids is 1. The Morgan fingerprint density at radius 1 is 1.00 bits per heavy atom. The number of carbonyl (C=O) groups excluding carboxylic acids is 2. The summed E-state index contributed by atoms with van der Waals surface area (Å²) >= 11 is 3.37. The van der Waals surface area contributed by atoms with E-state index < -0.39 is 24.0 Å². The summed E-state index contributed by atoms with van der Waals surface area (Å²) in [4.78, 5) is 36.6. The number of hydrogen-bond acceptors (Lipinski definition) is 4. The Hall–Kier alpha value is -3.65. The fourth-order valence-corrected chi connectivity index (χ4v) is 4.64. The van der Waals surface area contributed by atoms with Gasteiger partial charge in [-0.05, 0) is 62.8 Å². The molecular weight excluding hydrogens is 512 g/mol. The molecule has 0 saturated carbocycles. The highest BCUT2D eigenvalue weighted by atomic mass is 79.9. The van der Waals surface area contributed by atoms with Crippen molar-refractivity contribution in [1.82, 2.24) is 5.32 Å². The average Bonchev–Trinajstić information content (AvgIpc) is 3.17. The van der Waals surface area contributed by atoms with Gasteiger partial charge in [0.05, 0.1) is 5.69 Å². The Morgan fingerprint density at radius 2 is 1.63 bits per heavy atom. The van der Waals surface area contributed by atoms with E-state index in [1.165, 1.54) is 6.07 Å². The third-order valence-corrected chi connectivity index (χ3v) is 6.68. The highest BCUT2D eigenvalue weighted by molar-refractivity contribution is 9.10. The fourth-order valence-electron chi connectivity index (χ4n) is 4.29. The largest absolute Gasteiger partial charge is 0.480 e. The molecule has 1 atom stereocenters. The van der Waals surface area contributed by atoms with Crippen LogP contribution in [0.1, 0.15) is 47.2 Å². The van der Waals surface area contributed by atoms with Crippen molar-refractivity contribution in [3.63, 3.8) is 0 Å². The molecule has 0 saturated heterocycles. The number of anilines is 1. The van der Waals surface area contributed by atoms with Gasteiger partial charge in [-0.25, -0.2) is 9.59 Å². The molecule has 1 aliphatic rings. The van der Waals surface area contributed by atoms with Gasteiger partial charge in [0.1, 0.15) is 12.6 Å². The molecule has 7 nitrogen and oxygen atoms in total. The number of rotatable bonds is 8. The molecule has 0 radical (unpaired) electrons. The number of nitrogens with one attached hydrogen (secondary N) is 2. The van der Waals surface area contributed by atoms with E-state index in [2.05, 4.69) is 38.7 Å². The van der Waals surface area contributed by atoms with Gasteiger partial charge in [-0.2, -0.15) is 0 Å². The number of fused-ring (bicyclic) bond motifs is 3. The number of ether oxygens (including phenoxy) is 1. The Kier molecular flexibility index (Phi) is 7.51. The Labute approximate surface area is 211 Å². The minimum atomic E-state index is -1.09. The molecule has 3 aromatic carbocycles. The van der Waals surface area contributed by atoms with Gasteiger partial charge >= 0.3 is 12.1 Å². The molecule has 1 unspecified atom stereocenters. The van der Waals surface area contributed by atoms with E-state index in [1.807, 2.05) is 43.3 Å². The van der Waals surface area contributed by atoms with E-state index in [4.69, 9.17) is 4.74 Å². The van der Waals surface area contributed by atoms with E-state index in [9.17, 15) is 19.5 Å². The maximum atomic E-state index is 12.6. The molecular formula is C27H25BrN2O5. The molecule has 3 aromatic rings. The van der Waals surface area contributed by atoms with Crippen LogP contribution in [0.5, 0.6) is 0 Å². The molecule has 35 heavy (non-hydrogen) atoms. The summed E-state index contributed by atoms with van der Waals surface area (Å²) in [7, 11) is 0. The number of hydrogen-bond donors (Lipinski definition) is 3. The van der Waals surface area contributed by atoms with Crippen molar-refractivity contribution < 1.29 is 24.2 Å². The number of aliphatic carboxylic acids is 1. The van der Waals surface area contributed by atoms with Crippen molar-refractivity contribution >= 4 is 39.6 Å². The molecule has 0 bridgehead atoms. The van der Waals surface area contributed by atoms with Crippen molar-refractivity contribution in [3.8, 4) is 11.1 Å². The molecule has 0 heterocycles. The van der Waals surface area contributed by atoms with Crippen LogP contribution in [0.2, 0.25) is 0 Å². The number of amides is 2. The van der Waals surface area contributed by atoms with E-state index in [1.54, 1.807) is 12.1 Å². The van der Waals surface area contributed by atoms with E-state index in [0.717, 1.165) is 22.3 Å². The second-order valence-corrected chi connectivity index (χ2v) is 9.15. The first-order chi connectivity index (χ1) is 16.9. The molecule has 0 aliphatic heterocycles. The topological polar surface area (TPSA) is 105 Å². The van der Waals surface area contributed by atoms with Gasteiger partial charge in [-0.1, -0.05) is 61.9 Å². The zero-order valence-corrected chi connectivity index (χ0v) is 20.7. The number of carbonyl (C=O) groups is 3. The van der Waals surface area contributed by atoms with E-state index in [-0.39, 0.29) is 18.1 Å². The third-order valence-electron chi connectivity index (χ3n) is 5.99. The van der Waals surface area contributed by atoms with Gasteiger partial charge in [-0.15, -0.1) is 0 Å². The summed E-state index contributed by atoms with van der Waals surface area (Å²) in [6.07, 6.45) is 0.286. The predicted octanol–water partition coefficient (Wildman–Crippen LogP) is 5.79. The van der Waals surface area contributed by atoms with Crippen molar-refractivity contribution in [2.24, 2.45) is 0 Å². The molecule has 3 N–H and O–H groups in total. The summed E-state index contributed by atoms with van der Waals surface area (Å²) in [6, 6.07) is 19.8. The second-order valence-electron chi connectivity index (χ2n) is 8.30. The number of carboxylic acid groups (broad SMARTS) is 1. The van der Waals surface area contributed by atoms with Crippen molar-refractivity contribution in [3.05, 3.63) is 87.9 Å². The molecule has 0 aromatic heterocycles. The summed E-state index contributed by atoms with van der Waals surface area (Å²) in [5.41, 5.74) is 5.08. The third kappa shape index (κ3) is 5.38. The first kappa shape index (κ1) is 24.5. The highest BCUT2D eigenvalue weighted by Gasteiger charge is 2.29. The van der Waals surface area contributed by atoms with Crippen LogP contribution < -0.4 is 10.6 Å². The standard InChI is InChI=1S/C27H25BrN2O5/c1-2-7-23(26(32)33)29-25(31)16-12-13-22(28)24(14-16)30-27(34)35-15-21-19-10-5-3-8-17(19)18-9-4-6-11-20(18)21/h3-6,8-14,21,23H,2,7,15H2,1H3,(H,29,31)(H,30,34)(H,32,33). The van der Waals surface area contributed by atoms with Crippen LogP contribution in [0, 0.1) is 0 Å². The lowest BCUT2D eigenvalue weighted by Crippen LogP contribution is -2.40. The second kappa shape index (κ2) is 10.7. The van der Waals surface area contributed by atoms with E-state index in [0.29, 0.717) is 23.0 Å². The Bertz CT molecular complexity index is 1230. The van der Waals surface area contributed by atoms with E-state index >= 15 is 0 Å². The monoisotopic (exact) mass is 536 g/mol. The van der Waals surface area contributed by atoms with Gasteiger partial charge < -0.3 is 15.2 Å². The quantitative estimate of drug-likeness (QED) is 0.337.